The highest BCUT2D eigenvalue weighted by Crippen LogP contribution is 2.05. The average Bonchev–Trinajstić information content (AvgIpc) is 2.16. The van der Waals surface area contributed by atoms with Crippen LogP contribution in [0.4, 0.5) is 4.79 Å². The molecule has 0 aliphatic rings. The first kappa shape index (κ1) is 14.5. The molecule has 1 aromatic carbocycles. The Bertz CT molecular complexity index is 301. The summed E-state index contributed by atoms with van der Waals surface area (Å²) in [6.07, 6.45) is -1.47. The van der Waals surface area contributed by atoms with Crippen molar-refractivity contribution in [2.75, 3.05) is 0 Å². The summed E-state index contributed by atoms with van der Waals surface area (Å²) in [6.45, 7) is 5.06. The topological polar surface area (TPSA) is 66.4 Å². The quantitative estimate of drug-likeness (QED) is 0.747. The lowest BCUT2D eigenvalue weighted by atomic mass is 10.2. The van der Waals surface area contributed by atoms with Gasteiger partial charge in [0.05, 0.1) is 6.61 Å². The Labute approximate surface area is 95.5 Å². The summed E-state index contributed by atoms with van der Waals surface area (Å²) < 4.78 is 4.24. The van der Waals surface area contributed by atoms with E-state index >= 15 is 0 Å². The number of ether oxygens (including phenoxy) is 1. The van der Waals surface area contributed by atoms with E-state index in [1.165, 1.54) is 0 Å². The summed E-state index contributed by atoms with van der Waals surface area (Å²) in [5, 5.41) is 18.2. The Morgan fingerprint density at radius 3 is 1.94 bits per heavy atom. The van der Waals surface area contributed by atoms with Crippen molar-refractivity contribution in [3.05, 3.63) is 35.9 Å². The molecular formula is C12H17O4. The molecule has 1 rings (SSSR count). The van der Waals surface area contributed by atoms with Gasteiger partial charge < -0.3 is 9.84 Å². The fourth-order valence-corrected chi connectivity index (χ4v) is 0.833. The lowest BCUT2D eigenvalue weighted by Gasteiger charge is -2.14. The molecule has 1 N–H and O–H groups in total. The van der Waals surface area contributed by atoms with Gasteiger partial charge in [-0.3, -0.25) is 0 Å². The van der Waals surface area contributed by atoms with Crippen LogP contribution < -0.4 is 0 Å². The molecule has 0 fully saturated rings. The molecule has 1 aromatic rings. The molecule has 0 bridgehead atoms. The zero-order chi connectivity index (χ0) is 12.6. The van der Waals surface area contributed by atoms with Crippen molar-refractivity contribution in [2.24, 2.45) is 0 Å². The number of aliphatic hydroxyl groups is 1. The second-order valence-electron chi connectivity index (χ2n) is 4.11. The van der Waals surface area contributed by atoms with Crippen LogP contribution in [-0.2, 0) is 16.5 Å². The van der Waals surface area contributed by atoms with Gasteiger partial charge in [0, 0.05) is 0 Å². The van der Waals surface area contributed by atoms with Gasteiger partial charge in [-0.1, -0.05) is 30.3 Å². The third kappa shape index (κ3) is 9.02. The zero-order valence-electron chi connectivity index (χ0n) is 9.77. The Balaban J connectivity index is 0.000000281. The van der Waals surface area contributed by atoms with E-state index in [0.29, 0.717) is 0 Å². The van der Waals surface area contributed by atoms with E-state index in [4.69, 9.17) is 5.11 Å². The Morgan fingerprint density at radius 2 is 1.75 bits per heavy atom. The van der Waals surface area contributed by atoms with Gasteiger partial charge in [0.1, 0.15) is 5.60 Å². The maximum absolute atomic E-state index is 9.68. The smallest absolute Gasteiger partial charge is 0.426 e. The molecular weight excluding hydrogens is 208 g/mol. The molecule has 4 nitrogen and oxygen atoms in total. The molecule has 0 aliphatic carbocycles. The summed E-state index contributed by atoms with van der Waals surface area (Å²) in [4.78, 5) is 9.68. The molecule has 89 valence electrons. The maximum Gasteiger partial charge on any atom is 0.550 e. The van der Waals surface area contributed by atoms with Gasteiger partial charge in [-0.25, -0.2) is 0 Å². The van der Waals surface area contributed by atoms with Crippen LogP contribution in [0.3, 0.4) is 0 Å². The van der Waals surface area contributed by atoms with E-state index in [-0.39, 0.29) is 6.61 Å². The minimum Gasteiger partial charge on any atom is -0.426 e. The molecule has 0 amide bonds. The zero-order valence-corrected chi connectivity index (χ0v) is 9.77. The average molecular weight is 225 g/mol. The molecule has 0 aliphatic heterocycles. The van der Waals surface area contributed by atoms with Crippen molar-refractivity contribution in [2.45, 2.75) is 33.0 Å². The molecule has 1 radical (unpaired) electrons. The minimum atomic E-state index is -1.47. The minimum absolute atomic E-state index is 0.140. The fraction of sp³-hybridized carbons (Fsp3) is 0.417. The largest absolute Gasteiger partial charge is 0.550 e. The third-order valence-corrected chi connectivity index (χ3v) is 1.41. The van der Waals surface area contributed by atoms with Crippen LogP contribution in [0.25, 0.3) is 0 Å². The Kier molecular flexibility index (Phi) is 6.18. The van der Waals surface area contributed by atoms with Crippen molar-refractivity contribution >= 4 is 6.16 Å². The van der Waals surface area contributed by atoms with Gasteiger partial charge in [0.15, 0.2) is 0 Å². The first-order chi connectivity index (χ1) is 7.35. The number of carbonyl (C=O) groups is 1. The number of benzene rings is 1. The first-order valence-corrected chi connectivity index (χ1v) is 4.90. The Morgan fingerprint density at radius 1 is 1.25 bits per heavy atom. The van der Waals surface area contributed by atoms with Crippen LogP contribution in [0.15, 0.2) is 30.3 Å². The number of hydrogen-bond donors (Lipinski definition) is 1. The van der Waals surface area contributed by atoms with Crippen LogP contribution in [-0.4, -0.2) is 16.9 Å². The fourth-order valence-electron chi connectivity index (χ4n) is 0.833. The molecule has 0 atom stereocenters. The molecule has 4 heteroatoms. The second-order valence-corrected chi connectivity index (χ2v) is 4.11. The third-order valence-electron chi connectivity index (χ3n) is 1.41. The predicted molar refractivity (Wildman–Crippen MR) is 59.3 cm³/mol. The predicted octanol–water partition coefficient (Wildman–Crippen LogP) is 2.53. The molecule has 0 spiro atoms. The van der Waals surface area contributed by atoms with E-state index in [2.05, 4.69) is 4.74 Å². The van der Waals surface area contributed by atoms with Crippen LogP contribution >= 0.6 is 0 Å². The van der Waals surface area contributed by atoms with Gasteiger partial charge in [-0.15, -0.1) is 0 Å². The summed E-state index contributed by atoms with van der Waals surface area (Å²) in [6, 6.07) is 9.52. The van der Waals surface area contributed by atoms with Crippen LogP contribution in [0.2, 0.25) is 0 Å². The van der Waals surface area contributed by atoms with Gasteiger partial charge in [0.2, 0.25) is 0 Å². The number of hydrogen-bond acceptors (Lipinski definition) is 3. The maximum atomic E-state index is 9.68. The molecule has 16 heavy (non-hydrogen) atoms. The van der Waals surface area contributed by atoms with Gasteiger partial charge >= 0.3 is 6.16 Å². The Hall–Kier alpha value is -1.55. The highest BCUT2D eigenvalue weighted by Gasteiger charge is 2.15. The summed E-state index contributed by atoms with van der Waals surface area (Å²) in [5.74, 6) is 0. The van der Waals surface area contributed by atoms with Crippen molar-refractivity contribution in [3.8, 4) is 0 Å². The highest BCUT2D eigenvalue weighted by molar-refractivity contribution is 5.56. The molecule has 0 heterocycles. The van der Waals surface area contributed by atoms with Gasteiger partial charge in [-0.05, 0) is 26.3 Å². The van der Waals surface area contributed by atoms with Crippen molar-refractivity contribution < 1.29 is 19.7 Å². The SMILES string of the molecule is CC(C)(C)OC([O])=O.OCc1ccccc1. The van der Waals surface area contributed by atoms with Gasteiger partial charge in [-0.2, -0.15) is 9.90 Å². The second kappa shape index (κ2) is 6.85. The first-order valence-electron chi connectivity index (χ1n) is 4.90. The standard InChI is InChI=1S/C7H8O.C5H9O3/c8-6-7-4-2-1-3-5-7;1-5(2,3)8-4(6)7/h1-5,8H,6H2;1-3H3. The van der Waals surface area contributed by atoms with Crippen molar-refractivity contribution in [3.63, 3.8) is 0 Å². The highest BCUT2D eigenvalue weighted by atomic mass is 16.7. The summed E-state index contributed by atoms with van der Waals surface area (Å²) >= 11 is 0. The summed E-state index contributed by atoms with van der Waals surface area (Å²) in [7, 11) is 0. The lowest BCUT2D eigenvalue weighted by molar-refractivity contribution is -0.00104. The normalized spacial score (nSPS) is 10.0. The van der Waals surface area contributed by atoms with Gasteiger partial charge in [0.25, 0.3) is 0 Å². The lowest BCUT2D eigenvalue weighted by Crippen LogP contribution is -2.21. The number of aliphatic hydroxyl groups excluding tert-OH is 1. The van der Waals surface area contributed by atoms with Crippen LogP contribution in [0, 0.1) is 0 Å². The van der Waals surface area contributed by atoms with E-state index in [9.17, 15) is 9.90 Å². The van der Waals surface area contributed by atoms with Crippen molar-refractivity contribution in [1.82, 2.24) is 0 Å². The van der Waals surface area contributed by atoms with Crippen molar-refractivity contribution in [1.29, 1.82) is 0 Å². The monoisotopic (exact) mass is 225 g/mol. The van der Waals surface area contributed by atoms with E-state index in [1.807, 2.05) is 30.3 Å². The van der Waals surface area contributed by atoms with E-state index in [1.54, 1.807) is 20.8 Å². The van der Waals surface area contributed by atoms with Crippen LogP contribution in [0.5, 0.6) is 0 Å². The molecule has 0 unspecified atom stereocenters. The summed E-state index contributed by atoms with van der Waals surface area (Å²) in [5.41, 5.74) is 0.325. The molecule has 0 saturated carbocycles. The van der Waals surface area contributed by atoms with E-state index in [0.717, 1.165) is 5.56 Å². The molecule has 0 aromatic heterocycles. The van der Waals surface area contributed by atoms with Crippen LogP contribution in [0.1, 0.15) is 26.3 Å². The van der Waals surface area contributed by atoms with E-state index < -0.39 is 11.8 Å². The number of rotatable bonds is 1. The number of carbonyl (C=O) groups excluding carboxylic acids is 1. The molecule has 0 saturated heterocycles.